The zero-order valence-corrected chi connectivity index (χ0v) is 5.74. The molecule has 0 fully saturated rings. The number of hydrogen-bond acceptors (Lipinski definition) is 0. The maximum Gasteiger partial charge on any atom is 0 e. The third-order valence-electron chi connectivity index (χ3n) is 0. The van der Waals surface area contributed by atoms with E-state index < -0.39 is 0 Å². The summed E-state index contributed by atoms with van der Waals surface area (Å²) in [4.78, 5) is 0. The summed E-state index contributed by atoms with van der Waals surface area (Å²) < 4.78 is 0. The van der Waals surface area contributed by atoms with Crippen molar-refractivity contribution < 1.29 is 50.6 Å². The number of rotatable bonds is 0. The quantitative estimate of drug-likeness (QED) is 0.472. The molecule has 0 saturated carbocycles. The topological polar surface area (TPSA) is 0 Å². The summed E-state index contributed by atoms with van der Waals surface area (Å²) in [5, 5.41) is 0. The average molecular weight is 205 g/mol. The second-order valence-corrected chi connectivity index (χ2v) is 0. The first-order valence-corrected chi connectivity index (χ1v) is 0. The fourth-order valence-electron chi connectivity index (χ4n) is 0. The second-order valence-electron chi connectivity index (χ2n) is 0. The smallest absolute Gasteiger partial charge is 0 e. The Morgan fingerprint density at radius 2 is 1.00 bits per heavy atom. The van der Waals surface area contributed by atoms with E-state index in [9.17, 15) is 0 Å². The summed E-state index contributed by atoms with van der Waals surface area (Å²) in [6.45, 7) is 0. The molecule has 0 aliphatic heterocycles. The van der Waals surface area contributed by atoms with Gasteiger partial charge in [0, 0.05) is 68.0 Å². The molecule has 32 valence electrons. The van der Waals surface area contributed by atoms with Gasteiger partial charge in [0.05, 0.1) is 0 Å². The van der Waals surface area contributed by atoms with Crippen LogP contribution < -0.4 is 0 Å². The summed E-state index contributed by atoms with van der Waals surface area (Å²) in [6.07, 6.45) is 0. The molecular formula is AlCuFeNi. The predicted octanol–water partition coefficient (Wildman–Crippen LogP) is -0.388. The van der Waals surface area contributed by atoms with Gasteiger partial charge in [-0.1, -0.05) is 0 Å². The molecule has 0 N–H and O–H groups in total. The maximum atomic E-state index is 0. The summed E-state index contributed by atoms with van der Waals surface area (Å²) >= 11 is 0. The van der Waals surface area contributed by atoms with Crippen LogP contribution in [0.5, 0.6) is 0 Å². The van der Waals surface area contributed by atoms with Gasteiger partial charge in [0.25, 0.3) is 0 Å². The van der Waals surface area contributed by atoms with Gasteiger partial charge in [-0.15, -0.1) is 0 Å². The molecule has 0 aliphatic carbocycles. The third-order valence-corrected chi connectivity index (χ3v) is 0. The fourth-order valence-corrected chi connectivity index (χ4v) is 0. The van der Waals surface area contributed by atoms with Gasteiger partial charge >= 0.3 is 0 Å². The van der Waals surface area contributed by atoms with Gasteiger partial charge in [-0.25, -0.2) is 0 Å². The molecule has 0 atom stereocenters. The molecule has 0 aromatic carbocycles. The molecule has 4 heteroatoms. The van der Waals surface area contributed by atoms with Gasteiger partial charge in [0.1, 0.15) is 0 Å². The van der Waals surface area contributed by atoms with E-state index in [2.05, 4.69) is 0 Å². The molecule has 0 heterocycles. The molecule has 0 rings (SSSR count). The van der Waals surface area contributed by atoms with Crippen molar-refractivity contribution >= 4 is 17.4 Å². The van der Waals surface area contributed by atoms with Crippen LogP contribution in [0.4, 0.5) is 0 Å². The summed E-state index contributed by atoms with van der Waals surface area (Å²) in [7, 11) is 0. The van der Waals surface area contributed by atoms with Gasteiger partial charge in [-0.05, 0) is 0 Å². The summed E-state index contributed by atoms with van der Waals surface area (Å²) in [5.41, 5.74) is 0. The van der Waals surface area contributed by atoms with Crippen molar-refractivity contribution in [1.82, 2.24) is 0 Å². The molecule has 0 aliphatic rings. The van der Waals surface area contributed by atoms with Crippen LogP contribution in [-0.4, -0.2) is 17.4 Å². The molecule has 0 bridgehead atoms. The Morgan fingerprint density at radius 3 is 1.00 bits per heavy atom. The molecule has 0 unspecified atom stereocenters. The molecule has 4 radical (unpaired) electrons. The Bertz CT molecular complexity index is 8.00. The third kappa shape index (κ3) is 8.96. The fraction of sp³-hybridized carbons (Fsp3) is 0. The van der Waals surface area contributed by atoms with E-state index in [1.807, 2.05) is 0 Å². The Labute approximate surface area is 67.5 Å². The zero-order chi connectivity index (χ0) is 0. The molecule has 0 nitrogen and oxygen atoms in total. The van der Waals surface area contributed by atoms with Gasteiger partial charge in [0.15, 0.2) is 0 Å². The van der Waals surface area contributed by atoms with Crippen molar-refractivity contribution in [3.05, 3.63) is 0 Å². The maximum absolute atomic E-state index is 0. The summed E-state index contributed by atoms with van der Waals surface area (Å²) in [6, 6.07) is 0. The Morgan fingerprint density at radius 1 is 1.00 bits per heavy atom. The molecule has 0 saturated heterocycles. The molecule has 0 aromatic rings. The SMILES string of the molecule is [Al].[Cu].[Fe].[Ni]. The Balaban J connectivity index is 0. The minimum absolute atomic E-state index is 0. The van der Waals surface area contributed by atoms with Crippen LogP contribution >= 0.6 is 0 Å². The number of hydrogen-bond donors (Lipinski definition) is 0. The Kier molecular flexibility index (Phi) is 179. The molecule has 4 heavy (non-hydrogen) atoms. The minimum Gasteiger partial charge on any atom is 0 e. The summed E-state index contributed by atoms with van der Waals surface area (Å²) in [5.74, 6) is 0. The van der Waals surface area contributed by atoms with Crippen molar-refractivity contribution in [1.29, 1.82) is 0 Å². The van der Waals surface area contributed by atoms with Crippen LogP contribution in [0, 0.1) is 0 Å². The zero-order valence-electron chi connectivity index (χ0n) is 1.55. The molecule has 0 spiro atoms. The first-order valence-electron chi connectivity index (χ1n) is 0. The van der Waals surface area contributed by atoms with Gasteiger partial charge < -0.3 is 0 Å². The Hall–Kier alpha value is 2.06. The van der Waals surface area contributed by atoms with Crippen LogP contribution in [0.15, 0.2) is 0 Å². The van der Waals surface area contributed by atoms with E-state index in [0.717, 1.165) is 0 Å². The van der Waals surface area contributed by atoms with Crippen molar-refractivity contribution in [3.63, 3.8) is 0 Å². The van der Waals surface area contributed by atoms with Crippen molar-refractivity contribution in [2.24, 2.45) is 0 Å². The average Bonchev–Trinajstić information content (AvgIpc) is 0. The first-order chi connectivity index (χ1) is 0. The largest absolute Gasteiger partial charge is 0 e. The second kappa shape index (κ2) is 19.6. The molecule has 0 aromatic heterocycles. The van der Waals surface area contributed by atoms with Crippen LogP contribution in [0.2, 0.25) is 0 Å². The van der Waals surface area contributed by atoms with Crippen molar-refractivity contribution in [2.75, 3.05) is 0 Å². The van der Waals surface area contributed by atoms with E-state index in [0.29, 0.717) is 0 Å². The van der Waals surface area contributed by atoms with E-state index in [1.54, 1.807) is 0 Å². The van der Waals surface area contributed by atoms with Crippen molar-refractivity contribution in [3.8, 4) is 0 Å². The van der Waals surface area contributed by atoms with Crippen LogP contribution in [0.25, 0.3) is 0 Å². The van der Waals surface area contributed by atoms with E-state index >= 15 is 0 Å². The molecule has 0 amide bonds. The normalized spacial score (nSPS) is 0. The van der Waals surface area contributed by atoms with Crippen LogP contribution in [0.1, 0.15) is 0 Å². The van der Waals surface area contributed by atoms with Crippen molar-refractivity contribution in [2.45, 2.75) is 0 Å². The van der Waals surface area contributed by atoms with Crippen LogP contribution in [-0.2, 0) is 50.6 Å². The molecular weight excluding hydrogens is 205 g/mol. The van der Waals surface area contributed by atoms with E-state index in [1.165, 1.54) is 0 Å². The van der Waals surface area contributed by atoms with Gasteiger partial charge in [-0.3, -0.25) is 0 Å². The van der Waals surface area contributed by atoms with Gasteiger partial charge in [0.2, 0.25) is 0 Å². The standard InChI is InChI=1S/Al.Cu.Fe.Ni. The van der Waals surface area contributed by atoms with E-state index in [4.69, 9.17) is 0 Å². The first kappa shape index (κ1) is 36.5. The van der Waals surface area contributed by atoms with Crippen LogP contribution in [0.3, 0.4) is 0 Å². The predicted molar refractivity (Wildman–Crippen MR) is 5.75 cm³/mol. The monoisotopic (exact) mass is 204 g/mol. The van der Waals surface area contributed by atoms with E-state index in [-0.39, 0.29) is 68.0 Å². The van der Waals surface area contributed by atoms with Gasteiger partial charge in [-0.2, -0.15) is 0 Å². The minimum atomic E-state index is 0.